The number of halogens is 2. The summed E-state index contributed by atoms with van der Waals surface area (Å²) in [6, 6.07) is 7.10. The molecule has 0 aliphatic heterocycles. The average molecular weight is 526 g/mol. The van der Waals surface area contributed by atoms with Crippen LogP contribution < -0.4 is 16.0 Å². The number of benzene rings is 1. The summed E-state index contributed by atoms with van der Waals surface area (Å²) in [5.41, 5.74) is 0.675. The summed E-state index contributed by atoms with van der Waals surface area (Å²) in [6.45, 7) is 3.67. The van der Waals surface area contributed by atoms with Crippen molar-refractivity contribution in [3.8, 4) is 17.3 Å². The van der Waals surface area contributed by atoms with E-state index in [1.165, 1.54) is 22.8 Å². The molecule has 11 heteroatoms. The number of aromatic nitrogens is 5. The SMILES string of the molecule is CCn1c(=O)n(CCCO)c(=O)c2c1nc(-c1cc(F)c(OC3CCC3)nc1C)n2Cc1ccc(F)cc1. The van der Waals surface area contributed by atoms with Crippen molar-refractivity contribution in [2.45, 2.75) is 65.3 Å². The van der Waals surface area contributed by atoms with Gasteiger partial charge in [0.05, 0.1) is 5.69 Å². The Balaban J connectivity index is 1.75. The Hall–Kier alpha value is -3.86. The minimum Gasteiger partial charge on any atom is -0.472 e. The summed E-state index contributed by atoms with van der Waals surface area (Å²) in [5, 5.41) is 9.30. The quantitative estimate of drug-likeness (QED) is 0.359. The molecule has 1 fully saturated rings. The number of aliphatic hydroxyl groups excluding tert-OH is 1. The lowest BCUT2D eigenvalue weighted by Crippen LogP contribution is -2.40. The Labute approximate surface area is 217 Å². The normalized spacial score (nSPS) is 13.7. The van der Waals surface area contributed by atoms with Crippen molar-refractivity contribution in [1.82, 2.24) is 23.7 Å². The number of ether oxygens (including phenoxy) is 1. The lowest BCUT2D eigenvalue weighted by molar-refractivity contribution is 0.109. The van der Waals surface area contributed by atoms with Gasteiger partial charge in [0, 0.05) is 31.8 Å². The van der Waals surface area contributed by atoms with Crippen LogP contribution in [0.1, 0.15) is 43.9 Å². The molecule has 1 aliphatic carbocycles. The number of pyridine rings is 1. The van der Waals surface area contributed by atoms with Gasteiger partial charge in [-0.1, -0.05) is 12.1 Å². The Morgan fingerprint density at radius 1 is 1.08 bits per heavy atom. The highest BCUT2D eigenvalue weighted by molar-refractivity contribution is 5.78. The van der Waals surface area contributed by atoms with Crippen LogP contribution in [0.25, 0.3) is 22.6 Å². The van der Waals surface area contributed by atoms with Gasteiger partial charge in [-0.2, -0.15) is 0 Å². The van der Waals surface area contributed by atoms with Crippen LogP contribution in [0.2, 0.25) is 0 Å². The molecule has 1 saturated carbocycles. The summed E-state index contributed by atoms with van der Waals surface area (Å²) in [5.74, 6) is -0.873. The third kappa shape index (κ3) is 4.62. The Morgan fingerprint density at radius 3 is 2.45 bits per heavy atom. The Morgan fingerprint density at radius 2 is 1.82 bits per heavy atom. The molecule has 0 amide bonds. The van der Waals surface area contributed by atoms with Crippen molar-refractivity contribution in [2.24, 2.45) is 0 Å². The molecule has 1 N–H and O–H groups in total. The molecular weight excluding hydrogens is 496 g/mol. The van der Waals surface area contributed by atoms with Crippen molar-refractivity contribution in [1.29, 1.82) is 0 Å². The van der Waals surface area contributed by atoms with E-state index in [9.17, 15) is 19.1 Å². The molecule has 0 spiro atoms. The lowest BCUT2D eigenvalue weighted by atomic mass is 9.96. The minimum absolute atomic E-state index is 0.0313. The van der Waals surface area contributed by atoms with Crippen molar-refractivity contribution in [3.05, 3.63) is 74.1 Å². The monoisotopic (exact) mass is 525 g/mol. The first-order chi connectivity index (χ1) is 18.3. The molecule has 3 heterocycles. The molecule has 0 unspecified atom stereocenters. The van der Waals surface area contributed by atoms with Gasteiger partial charge in [-0.3, -0.25) is 13.9 Å². The van der Waals surface area contributed by atoms with Crippen LogP contribution in [0.4, 0.5) is 8.78 Å². The smallest absolute Gasteiger partial charge is 0.332 e. The topological polar surface area (TPSA) is 104 Å². The molecule has 5 rings (SSSR count). The predicted octanol–water partition coefficient (Wildman–Crippen LogP) is 3.39. The highest BCUT2D eigenvalue weighted by Crippen LogP contribution is 2.31. The van der Waals surface area contributed by atoms with Crippen LogP contribution in [0.5, 0.6) is 5.88 Å². The summed E-state index contributed by atoms with van der Waals surface area (Å²) in [6.07, 6.45) is 2.91. The van der Waals surface area contributed by atoms with E-state index in [1.807, 2.05) is 0 Å². The van der Waals surface area contributed by atoms with E-state index in [-0.39, 0.29) is 61.6 Å². The molecular formula is C27H29F2N5O4. The Bertz CT molecular complexity index is 1600. The minimum atomic E-state index is -0.647. The van der Waals surface area contributed by atoms with Crippen LogP contribution >= 0.6 is 0 Å². The molecule has 0 saturated heterocycles. The van der Waals surface area contributed by atoms with Crippen LogP contribution in [0.3, 0.4) is 0 Å². The zero-order chi connectivity index (χ0) is 27.0. The molecule has 4 aromatic rings. The molecule has 3 aromatic heterocycles. The van der Waals surface area contributed by atoms with Gasteiger partial charge in [-0.25, -0.2) is 23.5 Å². The maximum atomic E-state index is 15.2. The van der Waals surface area contributed by atoms with Crippen LogP contribution in [-0.4, -0.2) is 41.5 Å². The van der Waals surface area contributed by atoms with E-state index in [0.717, 1.165) is 23.8 Å². The number of nitrogens with zero attached hydrogens (tertiary/aromatic N) is 5. The molecule has 9 nitrogen and oxygen atoms in total. The largest absolute Gasteiger partial charge is 0.472 e. The maximum Gasteiger partial charge on any atom is 0.332 e. The van der Waals surface area contributed by atoms with E-state index in [1.54, 1.807) is 30.5 Å². The number of rotatable bonds is 9. The summed E-state index contributed by atoms with van der Waals surface area (Å²) >= 11 is 0. The number of imidazole rings is 1. The van der Waals surface area contributed by atoms with Crippen LogP contribution in [0.15, 0.2) is 39.9 Å². The second kappa shape index (κ2) is 10.5. The molecule has 1 aliphatic rings. The van der Waals surface area contributed by atoms with Crippen molar-refractivity contribution >= 4 is 11.2 Å². The van der Waals surface area contributed by atoms with Gasteiger partial charge < -0.3 is 14.4 Å². The van der Waals surface area contributed by atoms with Gasteiger partial charge in [-0.05, 0) is 63.3 Å². The summed E-state index contributed by atoms with van der Waals surface area (Å²) in [4.78, 5) is 35.8. The van der Waals surface area contributed by atoms with E-state index < -0.39 is 22.9 Å². The number of hydrogen-bond donors (Lipinski definition) is 1. The van der Waals surface area contributed by atoms with Crippen LogP contribution in [0, 0.1) is 18.6 Å². The Kier molecular flexibility index (Phi) is 7.11. The first-order valence-electron chi connectivity index (χ1n) is 12.8. The van der Waals surface area contributed by atoms with Gasteiger partial charge in [0.15, 0.2) is 17.0 Å². The molecule has 200 valence electrons. The third-order valence-electron chi connectivity index (χ3n) is 6.93. The number of hydrogen-bond acceptors (Lipinski definition) is 6. The van der Waals surface area contributed by atoms with Crippen molar-refractivity contribution in [2.75, 3.05) is 6.61 Å². The van der Waals surface area contributed by atoms with Gasteiger partial charge in [0.1, 0.15) is 17.7 Å². The summed E-state index contributed by atoms with van der Waals surface area (Å²) in [7, 11) is 0. The second-order valence-corrected chi connectivity index (χ2v) is 9.46. The zero-order valence-corrected chi connectivity index (χ0v) is 21.3. The fourth-order valence-corrected chi connectivity index (χ4v) is 4.65. The summed E-state index contributed by atoms with van der Waals surface area (Å²) < 4.78 is 38.6. The number of aryl methyl sites for hydroxylation is 2. The van der Waals surface area contributed by atoms with Gasteiger partial charge >= 0.3 is 5.69 Å². The average Bonchev–Trinajstić information content (AvgIpc) is 3.23. The van der Waals surface area contributed by atoms with E-state index in [0.29, 0.717) is 16.8 Å². The lowest BCUT2D eigenvalue weighted by Gasteiger charge is -2.26. The molecule has 38 heavy (non-hydrogen) atoms. The van der Waals surface area contributed by atoms with Gasteiger partial charge in [-0.15, -0.1) is 0 Å². The molecule has 0 bridgehead atoms. The maximum absolute atomic E-state index is 15.2. The first-order valence-corrected chi connectivity index (χ1v) is 12.8. The third-order valence-corrected chi connectivity index (χ3v) is 6.93. The first kappa shape index (κ1) is 25.8. The van der Waals surface area contributed by atoms with Crippen molar-refractivity contribution in [3.63, 3.8) is 0 Å². The van der Waals surface area contributed by atoms with E-state index >= 15 is 4.39 Å². The molecule has 0 radical (unpaired) electrons. The van der Waals surface area contributed by atoms with Crippen molar-refractivity contribution < 1.29 is 18.6 Å². The number of aliphatic hydroxyl groups is 1. The van der Waals surface area contributed by atoms with E-state index in [4.69, 9.17) is 4.74 Å². The highest BCUT2D eigenvalue weighted by Gasteiger charge is 2.26. The standard InChI is InChI=1S/C27H29F2N5O4/c1-3-32-24-22(26(36)33(27(32)37)12-5-13-35)34(15-17-8-10-18(28)11-9-17)23(31-24)20-14-21(29)25(30-16(20)2)38-19-6-4-7-19/h8-11,14,19,35H,3-7,12-13,15H2,1-2H3. The molecule has 1 aromatic carbocycles. The fourth-order valence-electron chi connectivity index (χ4n) is 4.65. The predicted molar refractivity (Wildman–Crippen MR) is 137 cm³/mol. The highest BCUT2D eigenvalue weighted by atomic mass is 19.1. The zero-order valence-electron chi connectivity index (χ0n) is 21.3. The number of fused-ring (bicyclic) bond motifs is 1. The molecule has 0 atom stereocenters. The fraction of sp³-hybridized carbons (Fsp3) is 0.407. The van der Waals surface area contributed by atoms with Gasteiger partial charge in [0.25, 0.3) is 11.4 Å². The van der Waals surface area contributed by atoms with Crippen LogP contribution in [-0.2, 0) is 19.6 Å². The van der Waals surface area contributed by atoms with E-state index in [2.05, 4.69) is 9.97 Å². The second-order valence-electron chi connectivity index (χ2n) is 9.46. The van der Waals surface area contributed by atoms with Gasteiger partial charge in [0.2, 0.25) is 0 Å².